The lowest BCUT2D eigenvalue weighted by Gasteiger charge is -2.02. The average Bonchev–Trinajstić information content (AvgIpc) is 2.75. The van der Waals surface area contributed by atoms with Gasteiger partial charge in [0.2, 0.25) is 0 Å². The van der Waals surface area contributed by atoms with Gasteiger partial charge < -0.3 is 0 Å². The number of ketones is 1. The van der Waals surface area contributed by atoms with Gasteiger partial charge in [-0.1, -0.05) is 66.7 Å². The van der Waals surface area contributed by atoms with Crippen LogP contribution >= 0.6 is 0 Å². The van der Waals surface area contributed by atoms with Gasteiger partial charge in [-0.15, -0.1) is 0 Å². The molecule has 1 aliphatic carbocycles. The van der Waals surface area contributed by atoms with Crippen LogP contribution in [0.25, 0.3) is 11.6 Å². The smallest absolute Gasteiger partial charge is 0.168 e. The maximum atomic E-state index is 12.3. The third kappa shape index (κ3) is 2.35. The van der Waals surface area contributed by atoms with Crippen molar-refractivity contribution in [3.63, 3.8) is 0 Å². The summed E-state index contributed by atoms with van der Waals surface area (Å²) in [5.41, 5.74) is 5.26. The number of rotatable bonds is 2. The quantitative estimate of drug-likeness (QED) is 0.776. The highest BCUT2D eigenvalue weighted by atomic mass is 16.1. The molecule has 0 aromatic heterocycles. The Morgan fingerprint density at radius 2 is 1.50 bits per heavy atom. The fraction of sp³-hybridized carbons (Fsp3) is 0.105. The first-order valence-corrected chi connectivity index (χ1v) is 6.81. The van der Waals surface area contributed by atoms with E-state index in [0.717, 1.165) is 27.8 Å². The molecule has 0 unspecified atom stereocenters. The SMILES string of the molecule is CC1=C(c2ccccc2)C(=O)C/C1=C/c1ccccc1. The molecule has 3 rings (SSSR count). The zero-order valence-electron chi connectivity index (χ0n) is 11.5. The van der Waals surface area contributed by atoms with Crippen LogP contribution in [0.2, 0.25) is 0 Å². The van der Waals surface area contributed by atoms with Crippen LogP contribution in [-0.4, -0.2) is 5.78 Å². The highest BCUT2D eigenvalue weighted by molar-refractivity contribution is 6.26. The predicted molar refractivity (Wildman–Crippen MR) is 83.1 cm³/mol. The third-order valence-electron chi connectivity index (χ3n) is 3.69. The van der Waals surface area contributed by atoms with Crippen molar-refractivity contribution in [2.45, 2.75) is 13.3 Å². The summed E-state index contributed by atoms with van der Waals surface area (Å²) in [7, 11) is 0. The van der Waals surface area contributed by atoms with Crippen molar-refractivity contribution in [3.8, 4) is 0 Å². The molecule has 0 amide bonds. The Hall–Kier alpha value is -2.41. The van der Waals surface area contributed by atoms with Gasteiger partial charge in [0.15, 0.2) is 5.78 Å². The van der Waals surface area contributed by atoms with Gasteiger partial charge in [-0.3, -0.25) is 4.79 Å². The largest absolute Gasteiger partial charge is 0.294 e. The summed E-state index contributed by atoms with van der Waals surface area (Å²) in [5, 5.41) is 0. The lowest BCUT2D eigenvalue weighted by Crippen LogP contribution is -1.95. The maximum absolute atomic E-state index is 12.3. The van der Waals surface area contributed by atoms with Gasteiger partial charge in [-0.25, -0.2) is 0 Å². The second-order valence-corrected chi connectivity index (χ2v) is 5.05. The number of hydrogen-bond donors (Lipinski definition) is 0. The first-order valence-electron chi connectivity index (χ1n) is 6.81. The topological polar surface area (TPSA) is 17.1 Å². The van der Waals surface area contributed by atoms with Gasteiger partial charge in [0.1, 0.15) is 0 Å². The number of allylic oxidation sites excluding steroid dienone is 3. The lowest BCUT2D eigenvalue weighted by atomic mass is 10.0. The van der Waals surface area contributed by atoms with Crippen LogP contribution in [0.5, 0.6) is 0 Å². The van der Waals surface area contributed by atoms with E-state index in [0.29, 0.717) is 6.42 Å². The molecular formula is C19H16O. The van der Waals surface area contributed by atoms with Gasteiger partial charge in [0, 0.05) is 12.0 Å². The Morgan fingerprint density at radius 3 is 2.15 bits per heavy atom. The van der Waals surface area contributed by atoms with Crippen molar-refractivity contribution < 1.29 is 4.79 Å². The molecule has 0 atom stereocenters. The van der Waals surface area contributed by atoms with Crippen molar-refractivity contribution in [2.75, 3.05) is 0 Å². The number of carbonyl (C=O) groups is 1. The van der Waals surface area contributed by atoms with Crippen LogP contribution in [0.3, 0.4) is 0 Å². The van der Waals surface area contributed by atoms with Crippen LogP contribution in [0.4, 0.5) is 0 Å². The van der Waals surface area contributed by atoms with Crippen molar-refractivity contribution in [3.05, 3.63) is 82.9 Å². The monoisotopic (exact) mass is 260 g/mol. The number of hydrogen-bond acceptors (Lipinski definition) is 1. The predicted octanol–water partition coefficient (Wildman–Crippen LogP) is 4.52. The van der Waals surface area contributed by atoms with Crippen molar-refractivity contribution in [1.29, 1.82) is 0 Å². The Balaban J connectivity index is 2.03. The standard InChI is InChI=1S/C19H16O/c1-14-17(12-15-8-4-2-5-9-15)13-18(20)19(14)16-10-6-3-7-11-16/h2-12H,13H2,1H3/b17-12-. The zero-order chi connectivity index (χ0) is 13.9. The molecule has 20 heavy (non-hydrogen) atoms. The average molecular weight is 260 g/mol. The van der Waals surface area contributed by atoms with Gasteiger partial charge in [-0.2, -0.15) is 0 Å². The first kappa shape index (κ1) is 12.6. The number of carbonyl (C=O) groups excluding carboxylic acids is 1. The van der Waals surface area contributed by atoms with E-state index in [9.17, 15) is 4.79 Å². The van der Waals surface area contributed by atoms with E-state index in [1.165, 1.54) is 0 Å². The van der Waals surface area contributed by atoms with Crippen molar-refractivity contribution in [1.82, 2.24) is 0 Å². The van der Waals surface area contributed by atoms with E-state index in [1.807, 2.05) is 55.5 Å². The number of Topliss-reactive ketones (excluding diaryl/α,β-unsaturated/α-hetero) is 1. The molecule has 0 radical (unpaired) electrons. The van der Waals surface area contributed by atoms with Gasteiger partial charge in [0.25, 0.3) is 0 Å². The maximum Gasteiger partial charge on any atom is 0.168 e. The molecule has 98 valence electrons. The van der Waals surface area contributed by atoms with E-state index < -0.39 is 0 Å². The molecule has 1 heteroatoms. The summed E-state index contributed by atoms with van der Waals surface area (Å²) < 4.78 is 0. The van der Waals surface area contributed by atoms with Gasteiger partial charge in [0.05, 0.1) is 0 Å². The molecule has 0 aliphatic heterocycles. The number of benzene rings is 2. The molecule has 2 aromatic carbocycles. The molecule has 0 saturated heterocycles. The summed E-state index contributed by atoms with van der Waals surface area (Å²) in [6.45, 7) is 2.04. The minimum absolute atomic E-state index is 0.218. The Kier molecular flexibility index (Phi) is 3.34. The Morgan fingerprint density at radius 1 is 0.900 bits per heavy atom. The van der Waals surface area contributed by atoms with E-state index in [2.05, 4.69) is 18.2 Å². The molecule has 0 fully saturated rings. The summed E-state index contributed by atoms with van der Waals surface area (Å²) in [5.74, 6) is 0.218. The molecule has 2 aromatic rings. The van der Waals surface area contributed by atoms with Crippen molar-refractivity contribution in [2.24, 2.45) is 0 Å². The van der Waals surface area contributed by atoms with Gasteiger partial charge in [-0.05, 0) is 29.2 Å². The Labute approximate surface area is 119 Å². The molecule has 1 nitrogen and oxygen atoms in total. The second kappa shape index (κ2) is 5.30. The normalized spacial score (nSPS) is 17.1. The summed E-state index contributed by atoms with van der Waals surface area (Å²) in [4.78, 5) is 12.3. The summed E-state index contributed by atoms with van der Waals surface area (Å²) >= 11 is 0. The summed E-state index contributed by atoms with van der Waals surface area (Å²) in [6.07, 6.45) is 2.62. The zero-order valence-corrected chi connectivity index (χ0v) is 11.5. The highest BCUT2D eigenvalue weighted by Crippen LogP contribution is 2.35. The van der Waals surface area contributed by atoms with Crippen LogP contribution < -0.4 is 0 Å². The van der Waals surface area contributed by atoms with E-state index in [4.69, 9.17) is 0 Å². The molecule has 0 saturated carbocycles. The van der Waals surface area contributed by atoms with Crippen LogP contribution in [0.15, 0.2) is 71.8 Å². The second-order valence-electron chi connectivity index (χ2n) is 5.05. The van der Waals surface area contributed by atoms with E-state index in [1.54, 1.807) is 0 Å². The highest BCUT2D eigenvalue weighted by Gasteiger charge is 2.25. The molecular weight excluding hydrogens is 244 g/mol. The van der Waals surface area contributed by atoms with Crippen LogP contribution in [-0.2, 0) is 4.79 Å². The Bertz CT molecular complexity index is 691. The summed E-state index contributed by atoms with van der Waals surface area (Å²) in [6, 6.07) is 20.1. The minimum atomic E-state index is 0.218. The van der Waals surface area contributed by atoms with Gasteiger partial charge >= 0.3 is 0 Å². The van der Waals surface area contributed by atoms with E-state index in [-0.39, 0.29) is 5.78 Å². The van der Waals surface area contributed by atoms with E-state index >= 15 is 0 Å². The fourth-order valence-electron chi connectivity index (χ4n) is 2.66. The van der Waals surface area contributed by atoms with Crippen LogP contribution in [0.1, 0.15) is 24.5 Å². The lowest BCUT2D eigenvalue weighted by molar-refractivity contribution is -0.112. The van der Waals surface area contributed by atoms with Crippen molar-refractivity contribution >= 4 is 17.4 Å². The third-order valence-corrected chi connectivity index (χ3v) is 3.69. The molecule has 0 bridgehead atoms. The molecule has 0 spiro atoms. The fourth-order valence-corrected chi connectivity index (χ4v) is 2.66. The molecule has 0 heterocycles. The molecule has 0 N–H and O–H groups in total. The molecule has 1 aliphatic rings. The van der Waals surface area contributed by atoms with Crippen LogP contribution in [0, 0.1) is 0 Å². The minimum Gasteiger partial charge on any atom is -0.294 e. The first-order chi connectivity index (χ1) is 9.75.